The smallest absolute Gasteiger partial charge is 0.276 e. The Balaban J connectivity index is 1.95. The normalized spacial score (nSPS) is 19.0. The number of hydrogen-bond donors (Lipinski definition) is 1. The molecule has 2 rings (SSSR count). The molecule has 0 saturated carbocycles. The van der Waals surface area contributed by atoms with Crippen molar-refractivity contribution in [1.82, 2.24) is 9.21 Å². The highest BCUT2D eigenvalue weighted by Gasteiger charge is 2.30. The quantitative estimate of drug-likeness (QED) is 0.751. The Bertz CT molecular complexity index is 687. The van der Waals surface area contributed by atoms with Crippen LogP contribution in [0.15, 0.2) is 21.6 Å². The maximum Gasteiger partial charge on any atom is 0.276 e. The van der Waals surface area contributed by atoms with Gasteiger partial charge in [-0.25, -0.2) is 22.0 Å². The molecule has 1 aliphatic rings. The molecule has 2 heterocycles. The van der Waals surface area contributed by atoms with Crippen molar-refractivity contribution in [1.29, 1.82) is 0 Å². The van der Waals surface area contributed by atoms with E-state index < -0.39 is 20.0 Å². The summed E-state index contributed by atoms with van der Waals surface area (Å²) in [5.41, 5.74) is 0. The number of primary sulfonamides is 1. The van der Waals surface area contributed by atoms with E-state index in [0.717, 1.165) is 0 Å². The molecule has 1 fully saturated rings. The van der Waals surface area contributed by atoms with Gasteiger partial charge in [0.1, 0.15) is 5.76 Å². The SMILES string of the molecule is Cc1ccc(S(=O)(=O)N2CCN(CCS(N)(=O)=O)CC2)o1. The van der Waals surface area contributed by atoms with Crippen molar-refractivity contribution in [3.8, 4) is 0 Å². The van der Waals surface area contributed by atoms with Crippen LogP contribution in [-0.2, 0) is 20.0 Å². The van der Waals surface area contributed by atoms with Gasteiger partial charge in [-0.3, -0.25) is 4.90 Å². The third kappa shape index (κ3) is 4.27. The fourth-order valence-electron chi connectivity index (χ4n) is 2.13. The minimum atomic E-state index is -3.61. The van der Waals surface area contributed by atoms with Crippen LogP contribution in [0.5, 0.6) is 0 Å². The zero-order valence-electron chi connectivity index (χ0n) is 11.7. The van der Waals surface area contributed by atoms with Crippen molar-refractivity contribution in [2.24, 2.45) is 5.14 Å². The van der Waals surface area contributed by atoms with Gasteiger partial charge in [-0.15, -0.1) is 0 Å². The number of nitrogens with zero attached hydrogens (tertiary/aromatic N) is 2. The Kier molecular flexibility index (Phi) is 4.73. The van der Waals surface area contributed by atoms with E-state index in [1.807, 2.05) is 4.90 Å². The summed E-state index contributed by atoms with van der Waals surface area (Å²) in [5.74, 6) is 0.414. The van der Waals surface area contributed by atoms with Gasteiger partial charge in [0.05, 0.1) is 5.75 Å². The Morgan fingerprint density at radius 3 is 2.24 bits per heavy atom. The second-order valence-electron chi connectivity index (χ2n) is 4.98. The average Bonchev–Trinajstić information content (AvgIpc) is 2.83. The molecule has 21 heavy (non-hydrogen) atoms. The Morgan fingerprint density at radius 2 is 1.76 bits per heavy atom. The van der Waals surface area contributed by atoms with Crippen molar-refractivity contribution in [3.05, 3.63) is 17.9 Å². The van der Waals surface area contributed by atoms with Gasteiger partial charge in [-0.1, -0.05) is 0 Å². The van der Waals surface area contributed by atoms with Gasteiger partial charge in [0.2, 0.25) is 15.1 Å². The highest BCUT2D eigenvalue weighted by atomic mass is 32.2. The Morgan fingerprint density at radius 1 is 1.14 bits per heavy atom. The maximum atomic E-state index is 12.3. The number of sulfonamides is 2. The van der Waals surface area contributed by atoms with Crippen LogP contribution in [0.2, 0.25) is 0 Å². The van der Waals surface area contributed by atoms with Gasteiger partial charge >= 0.3 is 0 Å². The molecule has 8 nitrogen and oxygen atoms in total. The number of hydrogen-bond acceptors (Lipinski definition) is 6. The minimum absolute atomic E-state index is 0.0574. The van der Waals surface area contributed by atoms with E-state index in [2.05, 4.69) is 0 Å². The van der Waals surface area contributed by atoms with Gasteiger partial charge < -0.3 is 4.42 Å². The molecule has 0 aliphatic carbocycles. The molecule has 0 aromatic carbocycles. The molecule has 0 unspecified atom stereocenters. The van der Waals surface area contributed by atoms with E-state index >= 15 is 0 Å². The lowest BCUT2D eigenvalue weighted by molar-refractivity contribution is 0.195. The van der Waals surface area contributed by atoms with Crippen molar-refractivity contribution in [2.75, 3.05) is 38.5 Å². The summed E-state index contributed by atoms with van der Waals surface area (Å²) in [6, 6.07) is 3.05. The number of nitrogens with two attached hydrogens (primary N) is 1. The summed E-state index contributed by atoms with van der Waals surface area (Å²) in [4.78, 5) is 1.88. The molecule has 1 aromatic heterocycles. The summed E-state index contributed by atoms with van der Waals surface area (Å²) in [6.45, 7) is 3.53. The lowest BCUT2D eigenvalue weighted by atomic mass is 10.4. The number of piperazine rings is 1. The molecule has 1 saturated heterocycles. The van der Waals surface area contributed by atoms with Gasteiger partial charge in [0.15, 0.2) is 0 Å². The maximum absolute atomic E-state index is 12.3. The van der Waals surface area contributed by atoms with Gasteiger partial charge in [-0.05, 0) is 19.1 Å². The highest BCUT2D eigenvalue weighted by Crippen LogP contribution is 2.19. The zero-order chi connectivity index (χ0) is 15.7. The molecule has 2 N–H and O–H groups in total. The first-order valence-electron chi connectivity index (χ1n) is 6.48. The Hall–Kier alpha value is -0.940. The van der Waals surface area contributed by atoms with E-state index in [1.54, 1.807) is 13.0 Å². The van der Waals surface area contributed by atoms with Gasteiger partial charge in [-0.2, -0.15) is 4.31 Å². The van der Waals surface area contributed by atoms with Crippen LogP contribution in [0.4, 0.5) is 0 Å². The van der Waals surface area contributed by atoms with Crippen LogP contribution >= 0.6 is 0 Å². The molecule has 1 aliphatic heterocycles. The molecule has 0 spiro atoms. The Labute approximate surface area is 124 Å². The second kappa shape index (κ2) is 6.05. The minimum Gasteiger partial charge on any atom is -0.449 e. The van der Waals surface area contributed by atoms with E-state index in [9.17, 15) is 16.8 Å². The monoisotopic (exact) mass is 337 g/mol. The summed E-state index contributed by atoms with van der Waals surface area (Å²) in [7, 11) is -7.11. The predicted octanol–water partition coefficient (Wildman–Crippen LogP) is -0.817. The first-order valence-corrected chi connectivity index (χ1v) is 9.63. The average molecular weight is 337 g/mol. The van der Waals surface area contributed by atoms with Crippen LogP contribution in [-0.4, -0.2) is 64.5 Å². The lowest BCUT2D eigenvalue weighted by Crippen LogP contribution is -2.49. The summed E-state index contributed by atoms with van der Waals surface area (Å²) < 4.78 is 53.0. The fraction of sp³-hybridized carbons (Fsp3) is 0.636. The van der Waals surface area contributed by atoms with E-state index in [1.165, 1.54) is 10.4 Å². The first kappa shape index (κ1) is 16.4. The van der Waals surface area contributed by atoms with E-state index in [4.69, 9.17) is 9.56 Å². The molecular formula is C11H19N3O5S2. The van der Waals surface area contributed by atoms with E-state index in [-0.39, 0.29) is 10.8 Å². The van der Waals surface area contributed by atoms with Crippen LogP contribution in [0, 0.1) is 6.92 Å². The van der Waals surface area contributed by atoms with Crippen molar-refractivity contribution in [2.45, 2.75) is 12.0 Å². The van der Waals surface area contributed by atoms with Crippen LogP contribution in [0.1, 0.15) is 5.76 Å². The van der Waals surface area contributed by atoms with Gasteiger partial charge in [0.25, 0.3) is 10.0 Å². The number of rotatable bonds is 5. The number of furan rings is 1. The predicted molar refractivity (Wildman–Crippen MR) is 76.6 cm³/mol. The third-order valence-corrected chi connectivity index (χ3v) is 5.86. The molecule has 1 aromatic rings. The molecule has 0 atom stereocenters. The molecule has 0 bridgehead atoms. The first-order chi connectivity index (χ1) is 9.68. The molecule has 0 radical (unpaired) electrons. The standard InChI is InChI=1S/C11H19N3O5S2/c1-10-2-3-11(19-10)21(17,18)14-6-4-13(5-7-14)8-9-20(12,15)16/h2-3H,4-9H2,1H3,(H2,12,15,16). The molecular weight excluding hydrogens is 318 g/mol. The largest absolute Gasteiger partial charge is 0.449 e. The zero-order valence-corrected chi connectivity index (χ0v) is 13.4. The number of aryl methyl sites for hydroxylation is 1. The van der Waals surface area contributed by atoms with Crippen molar-refractivity contribution < 1.29 is 21.3 Å². The third-order valence-electron chi connectivity index (χ3n) is 3.33. The van der Waals surface area contributed by atoms with E-state index in [0.29, 0.717) is 38.5 Å². The van der Waals surface area contributed by atoms with Crippen molar-refractivity contribution >= 4 is 20.0 Å². The topological polar surface area (TPSA) is 114 Å². The summed E-state index contributed by atoms with van der Waals surface area (Å²) in [6.07, 6.45) is 0. The molecule has 0 amide bonds. The summed E-state index contributed by atoms with van der Waals surface area (Å²) >= 11 is 0. The van der Waals surface area contributed by atoms with Crippen LogP contribution in [0.25, 0.3) is 0 Å². The highest BCUT2D eigenvalue weighted by molar-refractivity contribution is 7.89. The van der Waals surface area contributed by atoms with Gasteiger partial charge in [0, 0.05) is 32.7 Å². The molecule has 10 heteroatoms. The molecule has 120 valence electrons. The van der Waals surface area contributed by atoms with Crippen LogP contribution in [0.3, 0.4) is 0 Å². The van der Waals surface area contributed by atoms with Crippen LogP contribution < -0.4 is 5.14 Å². The summed E-state index contributed by atoms with van der Waals surface area (Å²) in [5, 5.41) is 4.90. The second-order valence-corrected chi connectivity index (χ2v) is 8.58. The van der Waals surface area contributed by atoms with Crippen molar-refractivity contribution in [3.63, 3.8) is 0 Å². The fourth-order valence-corrected chi connectivity index (χ4v) is 4.02. The lowest BCUT2D eigenvalue weighted by Gasteiger charge is -2.33.